The number of hydrogen-bond acceptors (Lipinski definition) is 2. The van der Waals surface area contributed by atoms with Gasteiger partial charge in [0.2, 0.25) is 0 Å². The van der Waals surface area contributed by atoms with E-state index in [9.17, 15) is 8.42 Å². The van der Waals surface area contributed by atoms with Gasteiger partial charge in [0.25, 0.3) is 0 Å². The second kappa shape index (κ2) is 4.29. The van der Waals surface area contributed by atoms with Crippen LogP contribution in [-0.4, -0.2) is 13.1 Å². The molecule has 0 saturated heterocycles. The van der Waals surface area contributed by atoms with Crippen LogP contribution in [0.3, 0.4) is 0 Å². The van der Waals surface area contributed by atoms with Crippen LogP contribution in [0.2, 0.25) is 0 Å². The topological polar surface area (TPSA) is 34.1 Å². The van der Waals surface area contributed by atoms with E-state index >= 15 is 0 Å². The number of rotatable bonds is 3. The summed E-state index contributed by atoms with van der Waals surface area (Å²) in [6.45, 7) is 9.06. The van der Waals surface area contributed by atoms with Crippen LogP contribution in [-0.2, 0) is 9.84 Å². The molecule has 0 radical (unpaired) electrons. The Morgan fingerprint density at radius 2 is 1.85 bits per heavy atom. The van der Waals surface area contributed by atoms with Gasteiger partial charge in [-0.3, -0.25) is 0 Å². The molecule has 0 aliphatic heterocycles. The minimum absolute atomic E-state index is 0.162. The van der Waals surface area contributed by atoms with Gasteiger partial charge < -0.3 is 0 Å². The van der Waals surface area contributed by atoms with Gasteiger partial charge in [-0.2, -0.15) is 0 Å². The lowest BCUT2D eigenvalue weighted by Crippen LogP contribution is -2.10. The SMILES string of the molecule is C=CC(Cl)S(=O)(=O)C=CC(C)(C)C. The summed E-state index contributed by atoms with van der Waals surface area (Å²) >= 11 is 5.53. The zero-order chi connectivity index (χ0) is 10.7. The Morgan fingerprint density at radius 1 is 1.38 bits per heavy atom. The van der Waals surface area contributed by atoms with Crippen molar-refractivity contribution in [3.8, 4) is 0 Å². The molecule has 2 nitrogen and oxygen atoms in total. The Labute approximate surface area is 85.2 Å². The fraction of sp³-hybridized carbons (Fsp3) is 0.556. The molecule has 0 aromatic heterocycles. The van der Waals surface area contributed by atoms with Crippen molar-refractivity contribution in [2.75, 3.05) is 0 Å². The summed E-state index contributed by atoms with van der Waals surface area (Å²) in [4.78, 5) is 0. The van der Waals surface area contributed by atoms with Gasteiger partial charge in [0.15, 0.2) is 14.5 Å². The molecule has 0 aromatic rings. The molecule has 0 aromatic carbocycles. The molecule has 4 heteroatoms. The van der Waals surface area contributed by atoms with Crippen LogP contribution >= 0.6 is 11.6 Å². The van der Waals surface area contributed by atoms with Crippen LogP contribution in [0.1, 0.15) is 20.8 Å². The Hall–Kier alpha value is -0.280. The Bertz CT molecular complexity index is 296. The monoisotopic (exact) mass is 222 g/mol. The third-order valence-electron chi connectivity index (χ3n) is 1.26. The molecule has 1 atom stereocenters. The van der Waals surface area contributed by atoms with Crippen molar-refractivity contribution in [2.24, 2.45) is 5.41 Å². The standard InChI is InChI=1S/C9H15ClO2S/c1-5-8(10)13(11,12)7-6-9(2,3)4/h5-8H,1H2,2-4H3. The second-order valence-corrected chi connectivity index (χ2v) is 6.53. The average molecular weight is 223 g/mol. The van der Waals surface area contributed by atoms with E-state index in [2.05, 4.69) is 6.58 Å². The zero-order valence-corrected chi connectivity index (χ0v) is 9.69. The molecule has 0 aliphatic carbocycles. The number of halogens is 1. The molecule has 13 heavy (non-hydrogen) atoms. The van der Waals surface area contributed by atoms with Crippen molar-refractivity contribution < 1.29 is 8.42 Å². The summed E-state index contributed by atoms with van der Waals surface area (Å²) in [6.07, 6.45) is 2.81. The van der Waals surface area contributed by atoms with Gasteiger partial charge in [0.1, 0.15) is 0 Å². The van der Waals surface area contributed by atoms with Crippen molar-refractivity contribution in [2.45, 2.75) is 25.5 Å². The van der Waals surface area contributed by atoms with E-state index in [-0.39, 0.29) is 5.41 Å². The highest BCUT2D eigenvalue weighted by Crippen LogP contribution is 2.18. The van der Waals surface area contributed by atoms with Crippen LogP contribution in [0.15, 0.2) is 24.1 Å². The summed E-state index contributed by atoms with van der Waals surface area (Å²) in [7, 11) is -3.38. The molecule has 0 heterocycles. The summed E-state index contributed by atoms with van der Waals surface area (Å²) in [5.41, 5.74) is -0.162. The molecule has 0 N–H and O–H groups in total. The van der Waals surface area contributed by atoms with Gasteiger partial charge in [-0.1, -0.05) is 32.9 Å². The van der Waals surface area contributed by atoms with Crippen molar-refractivity contribution in [3.05, 3.63) is 24.1 Å². The first-order chi connectivity index (χ1) is 5.69. The van der Waals surface area contributed by atoms with Crippen molar-refractivity contribution in [3.63, 3.8) is 0 Å². The van der Waals surface area contributed by atoms with Crippen molar-refractivity contribution in [1.82, 2.24) is 0 Å². The highest BCUT2D eigenvalue weighted by molar-refractivity contribution is 7.96. The molecule has 0 saturated carbocycles. The van der Waals surface area contributed by atoms with Crippen LogP contribution < -0.4 is 0 Å². The Kier molecular flexibility index (Phi) is 4.20. The van der Waals surface area contributed by atoms with Crippen LogP contribution in [0.4, 0.5) is 0 Å². The van der Waals surface area contributed by atoms with Gasteiger partial charge in [-0.25, -0.2) is 8.42 Å². The first kappa shape index (κ1) is 12.7. The lowest BCUT2D eigenvalue weighted by molar-refractivity contribution is 0.543. The fourth-order valence-electron chi connectivity index (χ4n) is 0.508. The van der Waals surface area contributed by atoms with Gasteiger partial charge in [0.05, 0.1) is 0 Å². The van der Waals surface area contributed by atoms with E-state index in [1.54, 1.807) is 6.08 Å². The summed E-state index contributed by atoms with van der Waals surface area (Å²) in [5, 5.41) is 1.15. The van der Waals surface area contributed by atoms with E-state index in [4.69, 9.17) is 11.6 Å². The van der Waals surface area contributed by atoms with Gasteiger partial charge in [-0.15, -0.1) is 18.2 Å². The van der Waals surface area contributed by atoms with Gasteiger partial charge in [-0.05, 0) is 5.41 Å². The number of hydrogen-bond donors (Lipinski definition) is 0. The highest BCUT2D eigenvalue weighted by Gasteiger charge is 2.17. The Balaban J connectivity index is 4.72. The third-order valence-corrected chi connectivity index (χ3v) is 3.52. The molecule has 76 valence electrons. The molecule has 0 amide bonds. The quantitative estimate of drug-likeness (QED) is 0.544. The minimum atomic E-state index is -3.38. The average Bonchev–Trinajstić information content (AvgIpc) is 1.98. The van der Waals surface area contributed by atoms with Crippen molar-refractivity contribution in [1.29, 1.82) is 0 Å². The molecule has 0 bridgehead atoms. The molecule has 0 fully saturated rings. The maximum Gasteiger partial charge on any atom is 0.191 e. The summed E-state index contributed by atoms with van der Waals surface area (Å²) in [6, 6.07) is 0. The first-order valence-electron chi connectivity index (χ1n) is 3.89. The lowest BCUT2D eigenvalue weighted by atomic mass is 9.98. The normalized spacial score (nSPS) is 16.0. The zero-order valence-electron chi connectivity index (χ0n) is 8.12. The second-order valence-electron chi connectivity index (χ2n) is 3.84. The maximum atomic E-state index is 11.3. The number of alkyl halides is 1. The van der Waals surface area contributed by atoms with Crippen molar-refractivity contribution >= 4 is 21.4 Å². The molecule has 0 aliphatic rings. The number of allylic oxidation sites excluding steroid dienone is 1. The first-order valence-corrected chi connectivity index (χ1v) is 5.93. The van der Waals surface area contributed by atoms with E-state index in [0.717, 1.165) is 5.41 Å². The maximum absolute atomic E-state index is 11.3. The lowest BCUT2D eigenvalue weighted by Gasteiger charge is -2.11. The Morgan fingerprint density at radius 3 is 2.15 bits per heavy atom. The molecule has 0 rings (SSSR count). The molecular weight excluding hydrogens is 208 g/mol. The van der Waals surface area contributed by atoms with Gasteiger partial charge >= 0.3 is 0 Å². The van der Waals surface area contributed by atoms with E-state index in [1.807, 2.05) is 20.8 Å². The molecule has 1 unspecified atom stereocenters. The fourth-order valence-corrected chi connectivity index (χ4v) is 1.70. The van der Waals surface area contributed by atoms with E-state index in [0.29, 0.717) is 0 Å². The van der Waals surface area contributed by atoms with Crippen LogP contribution in [0.5, 0.6) is 0 Å². The van der Waals surface area contributed by atoms with E-state index in [1.165, 1.54) is 6.08 Å². The smallest absolute Gasteiger partial charge is 0.191 e. The summed E-state index contributed by atoms with van der Waals surface area (Å²) < 4.78 is 21.6. The number of sulfone groups is 1. The third kappa shape index (κ3) is 5.11. The molecule has 0 spiro atoms. The molecular formula is C9H15ClO2S. The van der Waals surface area contributed by atoms with E-state index < -0.39 is 14.5 Å². The van der Waals surface area contributed by atoms with Gasteiger partial charge in [0, 0.05) is 5.41 Å². The predicted octanol–water partition coefficient (Wildman–Crippen LogP) is 2.71. The summed E-state index contributed by atoms with van der Waals surface area (Å²) in [5.74, 6) is 0. The van der Waals surface area contributed by atoms with Crippen LogP contribution in [0, 0.1) is 5.41 Å². The minimum Gasteiger partial charge on any atom is -0.222 e. The predicted molar refractivity (Wildman–Crippen MR) is 57.4 cm³/mol. The largest absolute Gasteiger partial charge is 0.222 e. The van der Waals surface area contributed by atoms with Crippen LogP contribution in [0.25, 0.3) is 0 Å². The highest BCUT2D eigenvalue weighted by atomic mass is 35.5.